The third-order valence-corrected chi connectivity index (χ3v) is 4.08. The van der Waals surface area contributed by atoms with Crippen molar-refractivity contribution in [1.82, 2.24) is 5.32 Å². The molecule has 1 N–H and O–H groups in total. The monoisotopic (exact) mass is 390 g/mol. The fourth-order valence-corrected chi connectivity index (χ4v) is 2.60. The quantitative estimate of drug-likeness (QED) is 0.668. The Balaban J connectivity index is 2.02. The van der Waals surface area contributed by atoms with Crippen molar-refractivity contribution in [1.29, 1.82) is 0 Å². The summed E-state index contributed by atoms with van der Waals surface area (Å²) in [7, 11) is 4.71. The average Bonchev–Trinajstić information content (AvgIpc) is 2.69. The van der Waals surface area contributed by atoms with Crippen molar-refractivity contribution in [3.63, 3.8) is 0 Å². The third kappa shape index (κ3) is 5.98. The molecule has 2 aromatic rings. The Morgan fingerprint density at radius 2 is 1.74 bits per heavy atom. The van der Waals surface area contributed by atoms with Gasteiger partial charge in [0.05, 0.1) is 14.2 Å². The summed E-state index contributed by atoms with van der Waals surface area (Å²) < 4.78 is 15.5. The number of ether oxygens (including phenoxy) is 3. The number of hydrogen-bond donors (Lipinski definition) is 1. The third-order valence-electron chi connectivity index (χ3n) is 3.83. The molecule has 2 rings (SSSR count). The minimum Gasteiger partial charge on any atom is -0.493 e. The predicted octanol–water partition coefficient (Wildman–Crippen LogP) is 3.11. The van der Waals surface area contributed by atoms with Crippen molar-refractivity contribution < 1.29 is 19.0 Å². The molecule has 0 aliphatic carbocycles. The molecule has 0 aromatic heterocycles. The normalized spacial score (nSPS) is 11.2. The molecule has 0 bridgehead atoms. The Kier molecular flexibility index (Phi) is 8.10. The average molecular weight is 391 g/mol. The highest BCUT2D eigenvalue weighted by Crippen LogP contribution is 2.27. The van der Waals surface area contributed by atoms with Crippen LogP contribution in [-0.4, -0.2) is 46.2 Å². The molecule has 6 nitrogen and oxygen atoms in total. The maximum Gasteiger partial charge on any atom is 0.270 e. The van der Waals surface area contributed by atoms with Gasteiger partial charge in [0.1, 0.15) is 12.4 Å². The number of nitrogens with one attached hydrogen (secondary N) is 1. The summed E-state index contributed by atoms with van der Waals surface area (Å²) in [4.78, 5) is 16.8. The second-order valence-electron chi connectivity index (χ2n) is 5.63. The van der Waals surface area contributed by atoms with Crippen LogP contribution in [0.3, 0.4) is 0 Å². The number of nitrogens with zero attached hydrogens (tertiary/aromatic N) is 1. The van der Waals surface area contributed by atoms with Crippen LogP contribution < -0.4 is 14.8 Å². The molecule has 0 spiro atoms. The van der Waals surface area contributed by atoms with Crippen molar-refractivity contribution in [2.75, 3.05) is 34.6 Å². The highest BCUT2D eigenvalue weighted by molar-refractivity contribution is 6.45. The molecular formula is C20H23ClN2O4. The van der Waals surface area contributed by atoms with Crippen molar-refractivity contribution in [3.8, 4) is 11.5 Å². The Morgan fingerprint density at radius 3 is 2.37 bits per heavy atom. The summed E-state index contributed by atoms with van der Waals surface area (Å²) in [6, 6.07) is 12.6. The molecule has 0 aliphatic rings. The molecule has 27 heavy (non-hydrogen) atoms. The Labute approximate surface area is 164 Å². The number of benzene rings is 2. The van der Waals surface area contributed by atoms with Crippen LogP contribution in [0.4, 0.5) is 0 Å². The van der Waals surface area contributed by atoms with Gasteiger partial charge in [-0.25, -0.2) is 0 Å². The lowest BCUT2D eigenvalue weighted by atomic mass is 10.1. The van der Waals surface area contributed by atoms with E-state index in [9.17, 15) is 4.79 Å². The minimum absolute atomic E-state index is 0.0983. The van der Waals surface area contributed by atoms with Gasteiger partial charge in [0.15, 0.2) is 11.5 Å². The van der Waals surface area contributed by atoms with Crippen LogP contribution in [-0.2, 0) is 16.0 Å². The molecule has 7 heteroatoms. The smallest absolute Gasteiger partial charge is 0.270 e. The van der Waals surface area contributed by atoms with Gasteiger partial charge < -0.3 is 19.5 Å². The summed E-state index contributed by atoms with van der Waals surface area (Å²) in [6.45, 7) is 0.551. The van der Waals surface area contributed by atoms with Gasteiger partial charge in [-0.2, -0.15) is 0 Å². The number of carbonyl (C=O) groups excluding carboxylic acids is 1. The van der Waals surface area contributed by atoms with Crippen LogP contribution in [0.25, 0.3) is 0 Å². The highest BCUT2D eigenvalue weighted by atomic mass is 35.5. The van der Waals surface area contributed by atoms with Crippen LogP contribution >= 0.6 is 11.6 Å². The fraction of sp³-hybridized carbons (Fsp3) is 0.300. The zero-order chi connectivity index (χ0) is 19.6. The van der Waals surface area contributed by atoms with E-state index in [0.29, 0.717) is 40.8 Å². The lowest BCUT2D eigenvalue weighted by Crippen LogP contribution is -2.33. The second kappa shape index (κ2) is 10.5. The summed E-state index contributed by atoms with van der Waals surface area (Å²) in [5.74, 6) is 1.06. The summed E-state index contributed by atoms with van der Waals surface area (Å²) in [6.07, 6.45) is 0.643. The number of rotatable bonds is 9. The first kappa shape index (κ1) is 20.7. The Morgan fingerprint density at radius 1 is 1.04 bits per heavy atom. The van der Waals surface area contributed by atoms with E-state index in [4.69, 9.17) is 25.8 Å². The number of aliphatic imine (C=N–C) groups is 1. The molecule has 0 fully saturated rings. The highest BCUT2D eigenvalue weighted by Gasteiger charge is 2.14. The molecular weight excluding hydrogens is 368 g/mol. The maximum absolute atomic E-state index is 12.6. The predicted molar refractivity (Wildman–Crippen MR) is 106 cm³/mol. The number of methoxy groups -OCH3 is 3. The maximum atomic E-state index is 12.6. The van der Waals surface area contributed by atoms with Crippen LogP contribution in [0.15, 0.2) is 47.5 Å². The Bertz CT molecular complexity index is 791. The van der Waals surface area contributed by atoms with E-state index in [-0.39, 0.29) is 12.6 Å². The topological polar surface area (TPSA) is 69.2 Å². The number of halogens is 1. The van der Waals surface area contributed by atoms with Gasteiger partial charge >= 0.3 is 0 Å². The van der Waals surface area contributed by atoms with Crippen LogP contribution in [0, 0.1) is 0 Å². The van der Waals surface area contributed by atoms with Gasteiger partial charge in [-0.05, 0) is 36.2 Å². The largest absolute Gasteiger partial charge is 0.493 e. The summed E-state index contributed by atoms with van der Waals surface area (Å²) >= 11 is 5.91. The molecule has 0 aliphatic heterocycles. The van der Waals surface area contributed by atoms with E-state index in [2.05, 4.69) is 10.3 Å². The van der Waals surface area contributed by atoms with Crippen molar-refractivity contribution in [2.45, 2.75) is 6.42 Å². The molecule has 0 radical (unpaired) electrons. The van der Waals surface area contributed by atoms with Gasteiger partial charge in [0, 0.05) is 24.2 Å². The van der Waals surface area contributed by atoms with E-state index < -0.39 is 0 Å². The lowest BCUT2D eigenvalue weighted by Gasteiger charge is -2.11. The minimum atomic E-state index is -0.269. The van der Waals surface area contributed by atoms with Crippen molar-refractivity contribution in [2.24, 2.45) is 4.99 Å². The molecule has 0 unspecified atom stereocenters. The van der Waals surface area contributed by atoms with E-state index in [0.717, 1.165) is 5.56 Å². The van der Waals surface area contributed by atoms with Crippen LogP contribution in [0.1, 0.15) is 11.1 Å². The second-order valence-corrected chi connectivity index (χ2v) is 6.06. The zero-order valence-corrected chi connectivity index (χ0v) is 16.4. The van der Waals surface area contributed by atoms with E-state index >= 15 is 0 Å². The first-order valence-corrected chi connectivity index (χ1v) is 8.75. The Hall–Kier alpha value is -2.57. The van der Waals surface area contributed by atoms with Crippen LogP contribution in [0.2, 0.25) is 5.02 Å². The zero-order valence-electron chi connectivity index (χ0n) is 15.6. The van der Waals surface area contributed by atoms with E-state index in [1.54, 1.807) is 38.5 Å². The van der Waals surface area contributed by atoms with Gasteiger partial charge in [0.25, 0.3) is 5.91 Å². The summed E-state index contributed by atoms with van der Waals surface area (Å²) in [5.41, 5.74) is 2.01. The first-order valence-electron chi connectivity index (χ1n) is 8.37. The molecule has 0 heterocycles. The van der Waals surface area contributed by atoms with E-state index in [1.807, 2.05) is 18.2 Å². The lowest BCUT2D eigenvalue weighted by molar-refractivity contribution is -0.114. The van der Waals surface area contributed by atoms with Crippen molar-refractivity contribution in [3.05, 3.63) is 58.6 Å². The SMILES string of the molecule is COC/N=C(\C(=O)NCCc1ccc(OC)c(OC)c1)c1ccc(Cl)cc1. The number of hydrogen-bond acceptors (Lipinski definition) is 5. The summed E-state index contributed by atoms with van der Waals surface area (Å²) in [5, 5.41) is 3.49. The van der Waals surface area contributed by atoms with Gasteiger partial charge in [-0.1, -0.05) is 29.8 Å². The van der Waals surface area contributed by atoms with E-state index in [1.165, 1.54) is 7.11 Å². The van der Waals surface area contributed by atoms with Crippen LogP contribution in [0.5, 0.6) is 11.5 Å². The molecule has 0 atom stereocenters. The molecule has 1 amide bonds. The fourth-order valence-electron chi connectivity index (χ4n) is 2.47. The van der Waals surface area contributed by atoms with Gasteiger partial charge in [0.2, 0.25) is 0 Å². The molecule has 144 valence electrons. The standard InChI is InChI=1S/C20H23ClN2O4/c1-25-13-23-19(15-5-7-16(21)8-6-15)20(24)22-11-10-14-4-9-17(26-2)18(12-14)27-3/h4-9,12H,10-11,13H2,1-3H3,(H,22,24)/b23-19-. The molecule has 0 saturated carbocycles. The molecule has 2 aromatic carbocycles. The number of amides is 1. The number of carbonyl (C=O) groups is 1. The first-order chi connectivity index (χ1) is 13.1. The van der Waals surface area contributed by atoms with Gasteiger partial charge in [-0.3, -0.25) is 9.79 Å². The van der Waals surface area contributed by atoms with Crippen molar-refractivity contribution >= 4 is 23.2 Å². The molecule has 0 saturated heterocycles. The van der Waals surface area contributed by atoms with Gasteiger partial charge in [-0.15, -0.1) is 0 Å².